The van der Waals surface area contributed by atoms with E-state index in [0.29, 0.717) is 18.0 Å². The Kier molecular flexibility index (Phi) is 5.07. The van der Waals surface area contributed by atoms with Gasteiger partial charge >= 0.3 is 0 Å². The van der Waals surface area contributed by atoms with E-state index in [9.17, 15) is 5.11 Å². The van der Waals surface area contributed by atoms with Gasteiger partial charge in [-0.15, -0.1) is 0 Å². The fraction of sp³-hybridized carbons (Fsp3) is 0.355. The Balaban J connectivity index is 1.32. The van der Waals surface area contributed by atoms with Crippen LogP contribution in [0, 0.1) is 0 Å². The lowest BCUT2D eigenvalue weighted by Crippen LogP contribution is -2.37. The predicted molar refractivity (Wildman–Crippen MR) is 142 cm³/mol. The van der Waals surface area contributed by atoms with E-state index < -0.39 is 0 Å². The predicted octanol–water partition coefficient (Wildman–Crippen LogP) is 6.78. The zero-order chi connectivity index (χ0) is 23.4. The fourth-order valence-corrected chi connectivity index (χ4v) is 6.77. The van der Waals surface area contributed by atoms with Crippen LogP contribution in [0.15, 0.2) is 72.8 Å². The number of fused-ring (bicyclic) bond motifs is 4. The molecule has 2 heterocycles. The van der Waals surface area contributed by atoms with Gasteiger partial charge in [0.15, 0.2) is 0 Å². The van der Waals surface area contributed by atoms with Gasteiger partial charge < -0.3 is 14.9 Å². The Bertz CT molecular complexity index is 1240. The molecule has 2 aliphatic heterocycles. The molecule has 6 rings (SSSR count). The first-order chi connectivity index (χ1) is 16.5. The first-order valence-corrected chi connectivity index (χ1v) is 12.6. The molecule has 1 N–H and O–H groups in total. The van der Waals surface area contributed by atoms with Gasteiger partial charge in [0.05, 0.1) is 12.6 Å². The zero-order valence-electron chi connectivity index (χ0n) is 20.4. The molecule has 174 valence electrons. The Morgan fingerprint density at radius 3 is 2.53 bits per heavy atom. The number of rotatable bonds is 4. The normalized spacial score (nSPS) is 24.5. The minimum absolute atomic E-state index is 0.0760. The Labute approximate surface area is 203 Å². The molecule has 1 saturated carbocycles. The molecule has 3 aliphatic rings. The third-order valence-corrected chi connectivity index (χ3v) is 8.52. The molecule has 3 heteroatoms. The third-order valence-electron chi connectivity index (χ3n) is 8.52. The molecular formula is C31H34N2O. The van der Waals surface area contributed by atoms with Crippen LogP contribution < -0.4 is 9.80 Å². The second-order valence-corrected chi connectivity index (χ2v) is 10.8. The number of hydrogen-bond donors (Lipinski definition) is 1. The van der Waals surface area contributed by atoms with E-state index in [4.69, 9.17) is 0 Å². The molecule has 1 aliphatic carbocycles. The number of hydrogen-bond acceptors (Lipinski definition) is 3. The van der Waals surface area contributed by atoms with Gasteiger partial charge in [0.2, 0.25) is 0 Å². The van der Waals surface area contributed by atoms with Crippen molar-refractivity contribution in [2.45, 2.75) is 63.1 Å². The van der Waals surface area contributed by atoms with E-state index in [1.165, 1.54) is 53.0 Å². The average molecular weight is 451 g/mol. The molecule has 0 bridgehead atoms. The quantitative estimate of drug-likeness (QED) is 0.475. The monoisotopic (exact) mass is 450 g/mol. The lowest BCUT2D eigenvalue weighted by molar-refractivity contribution is 0.282. The first kappa shape index (κ1) is 21.5. The second kappa shape index (κ2) is 8.02. The molecule has 3 nitrogen and oxygen atoms in total. The lowest BCUT2D eigenvalue weighted by atomic mass is 9.80. The van der Waals surface area contributed by atoms with Gasteiger partial charge in [0.25, 0.3) is 0 Å². The van der Waals surface area contributed by atoms with Crippen molar-refractivity contribution in [1.29, 1.82) is 0 Å². The van der Waals surface area contributed by atoms with Gasteiger partial charge in [-0.2, -0.15) is 0 Å². The zero-order valence-corrected chi connectivity index (χ0v) is 20.4. The second-order valence-electron chi connectivity index (χ2n) is 10.8. The van der Waals surface area contributed by atoms with E-state index in [-0.39, 0.29) is 12.0 Å². The molecular weight excluding hydrogens is 416 g/mol. The number of likely N-dealkylation sites (N-methyl/N-ethyl adjacent to an activating group) is 1. The number of para-hydroxylation sites is 1. The minimum Gasteiger partial charge on any atom is -0.392 e. The van der Waals surface area contributed by atoms with Crippen LogP contribution in [-0.4, -0.2) is 24.2 Å². The molecule has 34 heavy (non-hydrogen) atoms. The molecule has 0 amide bonds. The van der Waals surface area contributed by atoms with Gasteiger partial charge in [0.1, 0.15) is 0 Å². The van der Waals surface area contributed by atoms with Crippen molar-refractivity contribution < 1.29 is 5.11 Å². The standard InChI is InChI=1S/C31H34N2O/c1-31(2)26-8-4-5-9-29(26)32(3)30(31)18-14-21-13-17-28-25(19-21)24-7-6-10-27(24)33(28)23-15-11-22(20-34)12-16-23/h4-5,8-9,11-19,24,27,30,34H,6-7,10,20H2,1-3H3. The highest BCUT2D eigenvalue weighted by Gasteiger charge is 2.43. The Morgan fingerprint density at radius 1 is 0.971 bits per heavy atom. The van der Waals surface area contributed by atoms with Crippen molar-refractivity contribution in [3.8, 4) is 0 Å². The van der Waals surface area contributed by atoms with Crippen molar-refractivity contribution in [2.75, 3.05) is 16.8 Å². The van der Waals surface area contributed by atoms with Crippen molar-refractivity contribution in [1.82, 2.24) is 0 Å². The number of nitrogens with zero attached hydrogens (tertiary/aromatic N) is 2. The Morgan fingerprint density at radius 2 is 1.76 bits per heavy atom. The highest BCUT2D eigenvalue weighted by atomic mass is 16.3. The van der Waals surface area contributed by atoms with Crippen molar-refractivity contribution in [3.05, 3.63) is 95.1 Å². The van der Waals surface area contributed by atoms with Crippen LogP contribution in [0.4, 0.5) is 17.1 Å². The summed E-state index contributed by atoms with van der Waals surface area (Å²) in [7, 11) is 2.22. The van der Waals surface area contributed by atoms with Crippen molar-refractivity contribution >= 4 is 23.1 Å². The molecule has 3 aromatic carbocycles. The van der Waals surface area contributed by atoms with E-state index in [1.54, 1.807) is 0 Å². The molecule has 3 atom stereocenters. The van der Waals surface area contributed by atoms with Crippen LogP contribution in [0.3, 0.4) is 0 Å². The van der Waals surface area contributed by atoms with E-state index in [1.807, 2.05) is 12.1 Å². The van der Waals surface area contributed by atoms with Gasteiger partial charge in [-0.1, -0.05) is 68.8 Å². The smallest absolute Gasteiger partial charge is 0.0681 e. The maximum atomic E-state index is 9.44. The SMILES string of the molecule is CN1c2ccccc2C(C)(C)C1C=Cc1ccc2c(c1)C1CCCC1N2c1ccc(CO)cc1. The lowest BCUT2D eigenvalue weighted by Gasteiger charge is -2.29. The summed E-state index contributed by atoms with van der Waals surface area (Å²) in [5.41, 5.74) is 9.20. The summed E-state index contributed by atoms with van der Waals surface area (Å²) in [4.78, 5) is 4.97. The van der Waals surface area contributed by atoms with Crippen LogP contribution in [-0.2, 0) is 12.0 Å². The summed E-state index contributed by atoms with van der Waals surface area (Å²) in [5, 5.41) is 9.44. The van der Waals surface area contributed by atoms with E-state index >= 15 is 0 Å². The molecule has 0 radical (unpaired) electrons. The molecule has 1 fully saturated rings. The van der Waals surface area contributed by atoms with E-state index in [0.717, 1.165) is 5.56 Å². The molecule has 3 unspecified atom stereocenters. The first-order valence-electron chi connectivity index (χ1n) is 12.6. The van der Waals surface area contributed by atoms with Gasteiger partial charge in [0, 0.05) is 41.5 Å². The maximum Gasteiger partial charge on any atom is 0.0681 e. The van der Waals surface area contributed by atoms with Crippen LogP contribution in [0.1, 0.15) is 61.3 Å². The van der Waals surface area contributed by atoms with E-state index in [2.05, 4.69) is 97.4 Å². The van der Waals surface area contributed by atoms with Crippen molar-refractivity contribution in [3.63, 3.8) is 0 Å². The van der Waals surface area contributed by atoms with Crippen LogP contribution >= 0.6 is 0 Å². The summed E-state index contributed by atoms with van der Waals surface area (Å²) < 4.78 is 0. The average Bonchev–Trinajstić information content (AvgIpc) is 3.49. The largest absolute Gasteiger partial charge is 0.392 e. The number of anilines is 3. The van der Waals surface area contributed by atoms with Crippen LogP contribution in [0.5, 0.6) is 0 Å². The summed E-state index contributed by atoms with van der Waals surface area (Å²) in [6, 6.07) is 25.2. The summed E-state index contributed by atoms with van der Waals surface area (Å²) in [5.74, 6) is 0.607. The molecule has 0 aromatic heterocycles. The fourth-order valence-electron chi connectivity index (χ4n) is 6.77. The molecule has 0 saturated heterocycles. The van der Waals surface area contributed by atoms with Gasteiger partial charge in [-0.25, -0.2) is 0 Å². The number of benzene rings is 3. The third kappa shape index (κ3) is 3.21. The molecule has 3 aromatic rings. The molecule has 0 spiro atoms. The summed E-state index contributed by atoms with van der Waals surface area (Å²) >= 11 is 0. The topological polar surface area (TPSA) is 26.7 Å². The number of aliphatic hydroxyl groups excluding tert-OH is 1. The van der Waals surface area contributed by atoms with Crippen LogP contribution in [0.2, 0.25) is 0 Å². The minimum atomic E-state index is 0.0760. The summed E-state index contributed by atoms with van der Waals surface area (Å²) in [6.07, 6.45) is 8.53. The van der Waals surface area contributed by atoms with Gasteiger partial charge in [-0.3, -0.25) is 0 Å². The summed E-state index contributed by atoms with van der Waals surface area (Å²) in [6.45, 7) is 4.81. The highest BCUT2D eigenvalue weighted by molar-refractivity contribution is 5.75. The number of aliphatic hydroxyl groups is 1. The highest BCUT2D eigenvalue weighted by Crippen LogP contribution is 2.52. The van der Waals surface area contributed by atoms with Gasteiger partial charge in [-0.05, 0) is 65.4 Å². The van der Waals surface area contributed by atoms with Crippen LogP contribution in [0.25, 0.3) is 6.08 Å². The van der Waals surface area contributed by atoms with Crippen molar-refractivity contribution in [2.24, 2.45) is 0 Å². The maximum absolute atomic E-state index is 9.44. The Hall–Kier alpha value is -3.04.